The summed E-state index contributed by atoms with van der Waals surface area (Å²) in [7, 11) is 0. The van der Waals surface area contributed by atoms with Crippen LogP contribution in [0.2, 0.25) is 0 Å². The van der Waals surface area contributed by atoms with Crippen LogP contribution in [-0.2, 0) is 5.41 Å². The molecule has 0 unspecified atom stereocenters. The van der Waals surface area contributed by atoms with E-state index in [9.17, 15) is 0 Å². The lowest BCUT2D eigenvalue weighted by Gasteiger charge is -2.61. The molecule has 268 valence electrons. The minimum Gasteiger partial charge on any atom is -0.208 e. The first-order valence-electron chi connectivity index (χ1n) is 20.4. The van der Waals surface area contributed by atoms with E-state index >= 15 is 0 Å². The largest absolute Gasteiger partial charge is 0.208 e. The van der Waals surface area contributed by atoms with Gasteiger partial charge in [0, 0.05) is 22.1 Å². The number of hydrogen-bond donors (Lipinski definition) is 0. The Labute approximate surface area is 328 Å². The predicted octanol–water partition coefficient (Wildman–Crippen LogP) is 13.1. The van der Waals surface area contributed by atoms with Crippen LogP contribution in [0.5, 0.6) is 0 Å². The number of hydrogen-bond acceptors (Lipinski definition) is 3. The van der Waals surface area contributed by atoms with E-state index in [1.54, 1.807) is 11.1 Å². The lowest BCUT2D eigenvalue weighted by Crippen LogP contribution is -2.55. The van der Waals surface area contributed by atoms with Gasteiger partial charge in [-0.2, -0.15) is 0 Å². The van der Waals surface area contributed by atoms with Crippen molar-refractivity contribution in [1.82, 2.24) is 15.0 Å². The Bertz CT molecular complexity index is 2740. The number of fused-ring (bicyclic) bond motifs is 5. The van der Waals surface area contributed by atoms with Crippen LogP contribution in [0.1, 0.15) is 43.2 Å². The molecule has 0 N–H and O–H groups in total. The highest BCUT2D eigenvalue weighted by Gasteiger charge is 2.61. The van der Waals surface area contributed by atoms with Gasteiger partial charge in [-0.25, -0.2) is 15.0 Å². The van der Waals surface area contributed by atoms with Crippen molar-refractivity contribution < 1.29 is 0 Å². The van der Waals surface area contributed by atoms with Gasteiger partial charge in [0.2, 0.25) is 0 Å². The minimum atomic E-state index is 0.117. The molecule has 13 rings (SSSR count). The van der Waals surface area contributed by atoms with Gasteiger partial charge < -0.3 is 0 Å². The molecule has 7 aromatic carbocycles. The van der Waals surface area contributed by atoms with E-state index < -0.39 is 0 Å². The fraction of sp³-hybridized carbons (Fsp3) is 0.189. The number of nitrogens with zero attached hydrogens (tertiary/aromatic N) is 3. The highest BCUT2D eigenvalue weighted by atomic mass is 15.0. The maximum Gasteiger partial charge on any atom is 0.164 e. The third kappa shape index (κ3) is 4.79. The summed E-state index contributed by atoms with van der Waals surface area (Å²) in [5.41, 5.74) is 14.1. The van der Waals surface area contributed by atoms with Crippen molar-refractivity contribution in [1.29, 1.82) is 0 Å². The summed E-state index contributed by atoms with van der Waals surface area (Å²) < 4.78 is 0. The zero-order valence-electron chi connectivity index (χ0n) is 31.3. The molecule has 56 heavy (non-hydrogen) atoms. The highest BCUT2D eigenvalue weighted by molar-refractivity contribution is 6.09. The summed E-state index contributed by atoms with van der Waals surface area (Å²) in [6.45, 7) is 0. The zero-order chi connectivity index (χ0) is 36.8. The van der Waals surface area contributed by atoms with Crippen molar-refractivity contribution in [2.45, 2.75) is 37.5 Å². The fourth-order valence-electron chi connectivity index (χ4n) is 11.9. The van der Waals surface area contributed by atoms with Crippen molar-refractivity contribution in [3.8, 4) is 67.5 Å². The summed E-state index contributed by atoms with van der Waals surface area (Å²) in [5, 5.41) is 2.73. The van der Waals surface area contributed by atoms with Gasteiger partial charge in [0.1, 0.15) is 0 Å². The first kappa shape index (κ1) is 32.1. The van der Waals surface area contributed by atoms with E-state index in [-0.39, 0.29) is 5.41 Å². The average molecular weight is 720 g/mol. The second-order valence-corrected chi connectivity index (χ2v) is 16.8. The van der Waals surface area contributed by atoms with Gasteiger partial charge in [-0.05, 0) is 129 Å². The Morgan fingerprint density at radius 2 is 0.839 bits per heavy atom. The van der Waals surface area contributed by atoms with Gasteiger partial charge in [-0.3, -0.25) is 0 Å². The van der Waals surface area contributed by atoms with Crippen LogP contribution in [0.25, 0.3) is 78.3 Å². The monoisotopic (exact) mass is 719 g/mol. The summed E-state index contributed by atoms with van der Waals surface area (Å²) in [5.74, 6) is 5.29. The van der Waals surface area contributed by atoms with E-state index in [1.807, 2.05) is 36.4 Å². The molecule has 3 heteroatoms. The van der Waals surface area contributed by atoms with Crippen molar-refractivity contribution in [2.75, 3.05) is 0 Å². The minimum absolute atomic E-state index is 0.117. The van der Waals surface area contributed by atoms with Crippen LogP contribution in [0.3, 0.4) is 0 Å². The Hall–Kier alpha value is -6.19. The Morgan fingerprint density at radius 3 is 1.48 bits per heavy atom. The third-order valence-corrected chi connectivity index (χ3v) is 13.9. The van der Waals surface area contributed by atoms with Crippen molar-refractivity contribution in [3.05, 3.63) is 175 Å². The molecule has 4 saturated carbocycles. The standard InChI is InChI=1S/C53H41N3/c1-3-13-35(14-4-1)50-54-51(36-15-5-2-6-16-36)56-52(55-50)40-20-12-18-38(31-40)37-17-11-19-39(30-37)46-32-48-49(44-22-8-7-21-43(44)46)45-23-9-10-24-47(45)53(48)41-26-33-25-34(28-41)29-42(53)27-33/h1-24,30-34,41-42H,25-29H2. The molecule has 1 spiro atoms. The lowest BCUT2D eigenvalue weighted by molar-refractivity contribution is -0.0399. The normalized spacial score (nSPS) is 22.7. The Kier molecular flexibility index (Phi) is 7.11. The summed E-state index contributed by atoms with van der Waals surface area (Å²) in [6.07, 6.45) is 7.00. The fourth-order valence-corrected chi connectivity index (χ4v) is 11.9. The molecule has 0 saturated heterocycles. The van der Waals surface area contributed by atoms with E-state index in [0.29, 0.717) is 17.5 Å². The zero-order valence-corrected chi connectivity index (χ0v) is 31.3. The van der Waals surface area contributed by atoms with E-state index in [1.165, 1.54) is 70.7 Å². The van der Waals surface area contributed by atoms with E-state index in [0.717, 1.165) is 45.9 Å². The van der Waals surface area contributed by atoms with Crippen LogP contribution in [0, 0.1) is 23.7 Å². The quantitative estimate of drug-likeness (QED) is 0.178. The molecule has 1 aromatic heterocycles. The van der Waals surface area contributed by atoms with Crippen LogP contribution in [0.15, 0.2) is 164 Å². The van der Waals surface area contributed by atoms with Crippen molar-refractivity contribution >= 4 is 10.8 Å². The van der Waals surface area contributed by atoms with Crippen LogP contribution in [-0.4, -0.2) is 15.0 Å². The number of rotatable bonds is 5. The molecule has 5 aliphatic carbocycles. The van der Waals surface area contributed by atoms with Gasteiger partial charge in [0.15, 0.2) is 17.5 Å². The van der Waals surface area contributed by atoms with Gasteiger partial charge in [-0.15, -0.1) is 0 Å². The van der Waals surface area contributed by atoms with Crippen molar-refractivity contribution in [2.24, 2.45) is 23.7 Å². The molecule has 3 nitrogen and oxygen atoms in total. The molecule has 5 aliphatic rings. The lowest BCUT2D eigenvalue weighted by atomic mass is 9.43. The van der Waals surface area contributed by atoms with E-state index in [2.05, 4.69) is 127 Å². The molecular weight excluding hydrogens is 679 g/mol. The third-order valence-electron chi connectivity index (χ3n) is 13.9. The van der Waals surface area contributed by atoms with Gasteiger partial charge >= 0.3 is 0 Å². The second-order valence-electron chi connectivity index (χ2n) is 16.8. The molecular formula is C53H41N3. The average Bonchev–Trinajstić information content (AvgIpc) is 3.56. The molecule has 8 aromatic rings. The summed E-state index contributed by atoms with van der Waals surface area (Å²) in [4.78, 5) is 15.0. The van der Waals surface area contributed by atoms with E-state index in [4.69, 9.17) is 15.0 Å². The molecule has 0 radical (unpaired) electrons. The molecule has 0 atom stereocenters. The van der Waals surface area contributed by atoms with Crippen LogP contribution in [0.4, 0.5) is 0 Å². The number of aromatic nitrogens is 3. The molecule has 0 amide bonds. The predicted molar refractivity (Wildman–Crippen MR) is 228 cm³/mol. The topological polar surface area (TPSA) is 38.7 Å². The maximum atomic E-state index is 5.03. The second kappa shape index (κ2) is 12.4. The number of benzene rings is 7. The van der Waals surface area contributed by atoms with Gasteiger partial charge in [0.05, 0.1) is 0 Å². The molecule has 4 bridgehead atoms. The van der Waals surface area contributed by atoms with Gasteiger partial charge in [0.25, 0.3) is 0 Å². The first-order chi connectivity index (χ1) is 27.7. The molecule has 1 heterocycles. The Morgan fingerprint density at radius 1 is 0.357 bits per heavy atom. The highest BCUT2D eigenvalue weighted by Crippen LogP contribution is 2.70. The van der Waals surface area contributed by atoms with Crippen molar-refractivity contribution in [3.63, 3.8) is 0 Å². The molecule has 0 aliphatic heterocycles. The first-order valence-corrected chi connectivity index (χ1v) is 20.4. The van der Waals surface area contributed by atoms with Crippen LogP contribution >= 0.6 is 0 Å². The SMILES string of the molecule is c1ccc(-c2nc(-c3ccccc3)nc(-c3cccc(-c4cccc(-c5cc6c(c7ccccc57)-c5ccccc5C65C6CC7CC(C6)CC5C7)c4)c3)n2)cc1. The summed E-state index contributed by atoms with van der Waals surface area (Å²) in [6, 6.07) is 59.6. The van der Waals surface area contributed by atoms with Crippen LogP contribution < -0.4 is 0 Å². The Balaban J connectivity index is 0.996. The maximum absolute atomic E-state index is 5.03. The smallest absolute Gasteiger partial charge is 0.164 e. The van der Waals surface area contributed by atoms with Gasteiger partial charge in [-0.1, -0.05) is 146 Å². The summed E-state index contributed by atoms with van der Waals surface area (Å²) >= 11 is 0. The molecule has 4 fully saturated rings.